The summed E-state index contributed by atoms with van der Waals surface area (Å²) < 4.78 is 47.7. The van der Waals surface area contributed by atoms with Gasteiger partial charge in [0, 0.05) is 45.9 Å². The lowest BCUT2D eigenvalue weighted by Crippen LogP contribution is -2.41. The highest BCUT2D eigenvalue weighted by Gasteiger charge is 2.37. The van der Waals surface area contributed by atoms with Crippen molar-refractivity contribution in [3.63, 3.8) is 0 Å². The third kappa shape index (κ3) is 3.78. The second-order valence-corrected chi connectivity index (χ2v) is 7.11. The van der Waals surface area contributed by atoms with Crippen molar-refractivity contribution in [2.45, 2.75) is 24.9 Å². The van der Waals surface area contributed by atoms with Gasteiger partial charge in [-0.05, 0) is 18.9 Å². The van der Waals surface area contributed by atoms with Crippen LogP contribution in [0.4, 0.5) is 13.2 Å². The number of aromatic nitrogens is 3. The molecule has 0 bridgehead atoms. The van der Waals surface area contributed by atoms with E-state index in [-0.39, 0.29) is 30.4 Å². The smallest absolute Gasteiger partial charge is 0.375 e. The number of hydrogen-bond donors (Lipinski definition) is 0. The van der Waals surface area contributed by atoms with Gasteiger partial charge in [-0.15, -0.1) is 0 Å². The number of aryl methyl sites for hydroxylation is 1. The molecule has 0 spiro atoms. The van der Waals surface area contributed by atoms with Gasteiger partial charge < -0.3 is 9.64 Å². The first-order chi connectivity index (χ1) is 13.6. The molecule has 8 nitrogen and oxygen atoms in total. The quantitative estimate of drug-likeness (QED) is 0.748. The van der Waals surface area contributed by atoms with Crippen molar-refractivity contribution >= 4 is 16.9 Å². The maximum Gasteiger partial charge on any atom is 0.417 e. The summed E-state index contributed by atoms with van der Waals surface area (Å²) in [4.78, 5) is 42.5. The van der Waals surface area contributed by atoms with Crippen LogP contribution in [0.2, 0.25) is 0 Å². The van der Waals surface area contributed by atoms with Gasteiger partial charge >= 0.3 is 11.9 Å². The maximum atomic E-state index is 13.8. The first kappa shape index (κ1) is 21.0. The highest BCUT2D eigenvalue weighted by molar-refractivity contribution is 5.79. The van der Waals surface area contributed by atoms with Crippen LogP contribution in [0.3, 0.4) is 0 Å². The number of piperidine rings is 1. The molecule has 0 radical (unpaired) electrons. The fraction of sp³-hybridized carbons (Fsp3) is 0.556. The Morgan fingerprint density at radius 3 is 2.59 bits per heavy atom. The van der Waals surface area contributed by atoms with Crippen LogP contribution in [-0.2, 0) is 29.8 Å². The van der Waals surface area contributed by atoms with E-state index in [1.165, 1.54) is 19.1 Å². The molecular formula is C18H21F3N4O4. The Morgan fingerprint density at radius 1 is 1.28 bits per heavy atom. The molecule has 11 heteroatoms. The number of rotatable bonds is 3. The number of ether oxygens (including phenoxy) is 1. The van der Waals surface area contributed by atoms with Crippen LogP contribution in [0, 0.1) is 0 Å². The predicted molar refractivity (Wildman–Crippen MR) is 97.7 cm³/mol. The Morgan fingerprint density at radius 2 is 1.97 bits per heavy atom. The van der Waals surface area contributed by atoms with Gasteiger partial charge in [-0.2, -0.15) is 13.2 Å². The number of amides is 1. The lowest BCUT2D eigenvalue weighted by atomic mass is 9.92. The Balaban J connectivity index is 2.19. The molecule has 1 aliphatic heterocycles. The summed E-state index contributed by atoms with van der Waals surface area (Å²) in [5.41, 5.74) is -3.16. The SMILES string of the molecule is COCC(=O)N1CCC[C@@H](c2cc(C(F)(F)F)c3c(=O)n(C)c(=O)n(C)c3n2)C1. The molecule has 0 unspecified atom stereocenters. The number of hydrogen-bond acceptors (Lipinski definition) is 5. The molecule has 0 saturated carbocycles. The molecule has 1 saturated heterocycles. The Bertz CT molecular complexity index is 1070. The van der Waals surface area contributed by atoms with Crippen molar-refractivity contribution in [1.82, 2.24) is 19.0 Å². The fourth-order valence-corrected chi connectivity index (χ4v) is 3.67. The number of methoxy groups -OCH3 is 1. The molecule has 2 aromatic rings. The number of fused-ring (bicyclic) bond motifs is 1. The molecule has 2 aromatic heterocycles. The van der Waals surface area contributed by atoms with Crippen molar-refractivity contribution < 1.29 is 22.7 Å². The van der Waals surface area contributed by atoms with Gasteiger partial charge in [0.2, 0.25) is 5.91 Å². The normalized spacial score (nSPS) is 17.7. The van der Waals surface area contributed by atoms with Gasteiger partial charge in [0.05, 0.1) is 10.9 Å². The largest absolute Gasteiger partial charge is 0.417 e. The van der Waals surface area contributed by atoms with E-state index < -0.39 is 34.3 Å². The van der Waals surface area contributed by atoms with Crippen LogP contribution in [0.1, 0.15) is 30.0 Å². The van der Waals surface area contributed by atoms with Gasteiger partial charge in [-0.25, -0.2) is 9.78 Å². The summed E-state index contributed by atoms with van der Waals surface area (Å²) in [5.74, 6) is -0.704. The van der Waals surface area contributed by atoms with Crippen LogP contribution in [-0.4, -0.2) is 51.7 Å². The average Bonchev–Trinajstić information content (AvgIpc) is 2.69. The van der Waals surface area contributed by atoms with Gasteiger partial charge in [0.25, 0.3) is 5.56 Å². The zero-order valence-electron chi connectivity index (χ0n) is 16.2. The number of carbonyl (C=O) groups is 1. The third-order valence-electron chi connectivity index (χ3n) is 5.20. The summed E-state index contributed by atoms with van der Waals surface area (Å²) >= 11 is 0. The van der Waals surface area contributed by atoms with Crippen molar-refractivity contribution in [3.05, 3.63) is 38.2 Å². The summed E-state index contributed by atoms with van der Waals surface area (Å²) in [6.07, 6.45) is -3.68. The molecular weight excluding hydrogens is 393 g/mol. The summed E-state index contributed by atoms with van der Waals surface area (Å²) in [5, 5.41) is -0.644. The van der Waals surface area contributed by atoms with Gasteiger partial charge in [-0.3, -0.25) is 18.7 Å². The van der Waals surface area contributed by atoms with Crippen LogP contribution >= 0.6 is 0 Å². The van der Waals surface area contributed by atoms with E-state index >= 15 is 0 Å². The molecule has 1 aliphatic rings. The van der Waals surface area contributed by atoms with Crippen molar-refractivity contribution in [3.8, 4) is 0 Å². The second-order valence-electron chi connectivity index (χ2n) is 7.11. The van der Waals surface area contributed by atoms with Gasteiger partial charge in [0.1, 0.15) is 12.3 Å². The van der Waals surface area contributed by atoms with Gasteiger partial charge in [-0.1, -0.05) is 0 Å². The first-order valence-corrected chi connectivity index (χ1v) is 9.00. The lowest BCUT2D eigenvalue weighted by Gasteiger charge is -2.32. The molecule has 3 rings (SSSR count). The Hall–Kier alpha value is -2.69. The van der Waals surface area contributed by atoms with Gasteiger partial charge in [0.15, 0.2) is 0 Å². The second kappa shape index (κ2) is 7.62. The minimum Gasteiger partial charge on any atom is -0.375 e. The van der Waals surface area contributed by atoms with E-state index in [1.54, 1.807) is 0 Å². The zero-order chi connectivity index (χ0) is 21.5. The van der Waals surface area contributed by atoms with Crippen molar-refractivity contribution in [1.29, 1.82) is 0 Å². The average molecular weight is 414 g/mol. The Kier molecular flexibility index (Phi) is 5.52. The fourth-order valence-electron chi connectivity index (χ4n) is 3.67. The first-order valence-electron chi connectivity index (χ1n) is 9.00. The van der Waals surface area contributed by atoms with E-state index in [2.05, 4.69) is 4.98 Å². The number of pyridine rings is 1. The summed E-state index contributed by atoms with van der Waals surface area (Å²) in [6, 6.07) is 0.864. The summed E-state index contributed by atoms with van der Waals surface area (Å²) in [6.45, 7) is 0.560. The highest BCUT2D eigenvalue weighted by Crippen LogP contribution is 2.36. The molecule has 29 heavy (non-hydrogen) atoms. The van der Waals surface area contributed by atoms with E-state index in [9.17, 15) is 27.6 Å². The van der Waals surface area contributed by atoms with Crippen molar-refractivity contribution in [2.24, 2.45) is 14.1 Å². The van der Waals surface area contributed by atoms with Crippen molar-refractivity contribution in [2.75, 3.05) is 26.8 Å². The number of halogens is 3. The number of alkyl halides is 3. The standard InChI is InChI=1S/C18H21F3N4O4/c1-23-15-14(16(27)24(2)17(23)28)11(18(19,20)21)7-12(22-15)10-5-4-6-25(8-10)13(26)9-29-3/h7,10H,4-6,8-9H2,1-3H3/t10-/m1/s1. The highest BCUT2D eigenvalue weighted by atomic mass is 19.4. The lowest BCUT2D eigenvalue weighted by molar-refractivity contribution is -0.137. The van der Waals surface area contributed by atoms with Crippen LogP contribution in [0.15, 0.2) is 15.7 Å². The van der Waals surface area contributed by atoms with Crippen LogP contribution in [0.5, 0.6) is 0 Å². The third-order valence-corrected chi connectivity index (χ3v) is 5.20. The molecule has 0 aliphatic carbocycles. The predicted octanol–water partition coefficient (Wildman–Crippen LogP) is 1.00. The Labute approximate surface area is 163 Å². The van der Waals surface area contributed by atoms with E-state index in [4.69, 9.17) is 4.74 Å². The number of nitrogens with zero attached hydrogens (tertiary/aromatic N) is 4. The molecule has 0 N–H and O–H groups in total. The topological polar surface area (TPSA) is 86.4 Å². The number of carbonyl (C=O) groups excluding carboxylic acids is 1. The molecule has 1 fully saturated rings. The molecule has 1 amide bonds. The van der Waals surface area contributed by atoms with Crippen LogP contribution in [0.25, 0.3) is 11.0 Å². The minimum absolute atomic E-state index is 0.1000. The van der Waals surface area contributed by atoms with E-state index in [0.717, 1.165) is 17.7 Å². The molecule has 0 aromatic carbocycles. The maximum absolute atomic E-state index is 13.8. The molecule has 158 valence electrons. The molecule has 1 atom stereocenters. The number of likely N-dealkylation sites (tertiary alicyclic amines) is 1. The molecule has 3 heterocycles. The summed E-state index contributed by atoms with van der Waals surface area (Å²) in [7, 11) is 3.79. The van der Waals surface area contributed by atoms with Crippen LogP contribution < -0.4 is 11.2 Å². The zero-order valence-corrected chi connectivity index (χ0v) is 16.2. The van der Waals surface area contributed by atoms with E-state index in [0.29, 0.717) is 24.0 Å². The minimum atomic E-state index is -4.81. The monoisotopic (exact) mass is 414 g/mol. The van der Waals surface area contributed by atoms with E-state index in [1.807, 2.05) is 0 Å².